The Labute approximate surface area is 133 Å². The molecule has 21 heavy (non-hydrogen) atoms. The second kappa shape index (κ2) is 5.72. The van der Waals surface area contributed by atoms with Gasteiger partial charge >= 0.3 is 0 Å². The summed E-state index contributed by atoms with van der Waals surface area (Å²) in [4.78, 5) is 12.8. The summed E-state index contributed by atoms with van der Waals surface area (Å²) in [7, 11) is 0. The molecule has 110 valence electrons. The van der Waals surface area contributed by atoms with Gasteiger partial charge in [0.05, 0.1) is 0 Å². The molecule has 0 bridgehead atoms. The van der Waals surface area contributed by atoms with Gasteiger partial charge in [0.2, 0.25) is 0 Å². The standard InChI is InChI=1S/C18H18BrFO/c1-9-10(2)12(4)17(13(5)11(9)3)18(21)14-6-15(19)8-16(20)7-14/h6-8H,1-5H3. The number of hydrogen-bond donors (Lipinski definition) is 0. The maximum absolute atomic E-state index is 13.5. The Morgan fingerprint density at radius 1 is 0.857 bits per heavy atom. The van der Waals surface area contributed by atoms with Crippen molar-refractivity contribution in [2.45, 2.75) is 34.6 Å². The molecular weight excluding hydrogens is 331 g/mol. The summed E-state index contributed by atoms with van der Waals surface area (Å²) in [5.41, 5.74) is 6.46. The van der Waals surface area contributed by atoms with Gasteiger partial charge in [-0.3, -0.25) is 4.79 Å². The van der Waals surface area contributed by atoms with Gasteiger partial charge in [0.15, 0.2) is 5.78 Å². The fourth-order valence-corrected chi connectivity index (χ4v) is 3.14. The van der Waals surface area contributed by atoms with E-state index in [1.54, 1.807) is 6.07 Å². The molecule has 0 radical (unpaired) electrons. The number of rotatable bonds is 2. The highest BCUT2D eigenvalue weighted by molar-refractivity contribution is 9.10. The van der Waals surface area contributed by atoms with E-state index in [4.69, 9.17) is 0 Å². The summed E-state index contributed by atoms with van der Waals surface area (Å²) in [6.45, 7) is 10.0. The van der Waals surface area contributed by atoms with E-state index >= 15 is 0 Å². The smallest absolute Gasteiger partial charge is 0.193 e. The lowest BCUT2D eigenvalue weighted by Gasteiger charge is -2.18. The van der Waals surface area contributed by atoms with Crippen LogP contribution in [0.1, 0.15) is 43.7 Å². The van der Waals surface area contributed by atoms with Gasteiger partial charge in [-0.25, -0.2) is 4.39 Å². The molecule has 0 amide bonds. The third kappa shape index (κ3) is 2.80. The van der Waals surface area contributed by atoms with Crippen LogP contribution >= 0.6 is 15.9 Å². The summed E-state index contributed by atoms with van der Waals surface area (Å²) in [5, 5.41) is 0. The minimum atomic E-state index is -0.413. The molecule has 3 heteroatoms. The third-order valence-corrected chi connectivity index (χ3v) is 4.81. The summed E-state index contributed by atoms with van der Waals surface area (Å²) in [6.07, 6.45) is 0. The summed E-state index contributed by atoms with van der Waals surface area (Å²) in [6, 6.07) is 4.30. The molecule has 0 saturated carbocycles. The van der Waals surface area contributed by atoms with Gasteiger partial charge in [-0.15, -0.1) is 0 Å². The van der Waals surface area contributed by atoms with Crippen molar-refractivity contribution in [3.05, 3.63) is 67.4 Å². The van der Waals surface area contributed by atoms with Gasteiger partial charge in [0, 0.05) is 15.6 Å². The third-order valence-electron chi connectivity index (χ3n) is 4.35. The number of hydrogen-bond acceptors (Lipinski definition) is 1. The summed E-state index contributed by atoms with van der Waals surface area (Å²) in [5.74, 6) is -0.542. The second-order valence-electron chi connectivity index (χ2n) is 5.49. The van der Waals surface area contributed by atoms with Gasteiger partial charge in [-0.1, -0.05) is 15.9 Å². The Bertz CT molecular complexity index is 698. The van der Waals surface area contributed by atoms with Gasteiger partial charge in [-0.2, -0.15) is 0 Å². The first-order chi connectivity index (χ1) is 9.73. The highest BCUT2D eigenvalue weighted by Crippen LogP contribution is 2.28. The zero-order chi connectivity index (χ0) is 15.9. The van der Waals surface area contributed by atoms with Crippen molar-refractivity contribution in [3.8, 4) is 0 Å². The van der Waals surface area contributed by atoms with Crippen molar-refractivity contribution >= 4 is 21.7 Å². The van der Waals surface area contributed by atoms with Crippen LogP contribution < -0.4 is 0 Å². The van der Waals surface area contributed by atoms with Gasteiger partial charge < -0.3 is 0 Å². The zero-order valence-corrected chi connectivity index (χ0v) is 14.5. The van der Waals surface area contributed by atoms with Crippen LogP contribution in [0.25, 0.3) is 0 Å². The molecule has 0 aliphatic carbocycles. The molecule has 1 nitrogen and oxygen atoms in total. The van der Waals surface area contributed by atoms with Crippen molar-refractivity contribution < 1.29 is 9.18 Å². The lowest BCUT2D eigenvalue weighted by Crippen LogP contribution is -2.11. The maximum atomic E-state index is 13.5. The van der Waals surface area contributed by atoms with Crippen LogP contribution in [-0.2, 0) is 0 Å². The molecule has 0 aliphatic heterocycles. The van der Waals surface area contributed by atoms with Gasteiger partial charge in [0.25, 0.3) is 0 Å². The predicted molar refractivity (Wildman–Crippen MR) is 87.7 cm³/mol. The molecule has 0 saturated heterocycles. The van der Waals surface area contributed by atoms with E-state index in [-0.39, 0.29) is 5.78 Å². The SMILES string of the molecule is Cc1c(C)c(C)c(C(=O)c2cc(F)cc(Br)c2)c(C)c1C. The van der Waals surface area contributed by atoms with Crippen molar-refractivity contribution in [2.75, 3.05) is 0 Å². The molecule has 0 unspecified atom stereocenters. The molecule has 0 heterocycles. The Morgan fingerprint density at radius 2 is 1.33 bits per heavy atom. The lowest BCUT2D eigenvalue weighted by molar-refractivity contribution is 0.103. The first kappa shape index (κ1) is 15.9. The molecule has 0 atom stereocenters. The molecule has 0 aromatic heterocycles. The maximum Gasteiger partial charge on any atom is 0.193 e. The Balaban J connectivity index is 2.69. The average molecular weight is 349 g/mol. The molecule has 0 N–H and O–H groups in total. The van der Waals surface area contributed by atoms with Crippen molar-refractivity contribution in [2.24, 2.45) is 0 Å². The minimum absolute atomic E-state index is 0.128. The van der Waals surface area contributed by atoms with Gasteiger partial charge in [0.1, 0.15) is 5.82 Å². The van der Waals surface area contributed by atoms with E-state index in [9.17, 15) is 9.18 Å². The summed E-state index contributed by atoms with van der Waals surface area (Å²) >= 11 is 3.24. The first-order valence-electron chi connectivity index (χ1n) is 6.81. The molecule has 0 fully saturated rings. The fraction of sp³-hybridized carbons (Fsp3) is 0.278. The van der Waals surface area contributed by atoms with E-state index in [2.05, 4.69) is 22.9 Å². The number of carbonyl (C=O) groups excluding carboxylic acids is 1. The zero-order valence-electron chi connectivity index (χ0n) is 12.9. The summed E-state index contributed by atoms with van der Waals surface area (Å²) < 4.78 is 14.1. The van der Waals surface area contributed by atoms with Crippen molar-refractivity contribution in [1.82, 2.24) is 0 Å². The monoisotopic (exact) mass is 348 g/mol. The normalized spacial score (nSPS) is 10.8. The van der Waals surface area contributed by atoms with Crippen LogP contribution in [0, 0.1) is 40.4 Å². The molecule has 2 aromatic rings. The number of ketones is 1. The van der Waals surface area contributed by atoms with E-state index in [0.717, 1.165) is 22.3 Å². The van der Waals surface area contributed by atoms with E-state index < -0.39 is 5.82 Å². The van der Waals surface area contributed by atoms with Crippen LogP contribution in [0.3, 0.4) is 0 Å². The molecular formula is C18H18BrFO. The first-order valence-corrected chi connectivity index (χ1v) is 7.61. The van der Waals surface area contributed by atoms with E-state index in [1.165, 1.54) is 17.7 Å². The van der Waals surface area contributed by atoms with Gasteiger partial charge in [-0.05, 0) is 80.6 Å². The fourth-order valence-electron chi connectivity index (χ4n) is 2.67. The number of benzene rings is 2. The van der Waals surface area contributed by atoms with Crippen molar-refractivity contribution in [1.29, 1.82) is 0 Å². The quantitative estimate of drug-likeness (QED) is 0.667. The Hall–Kier alpha value is -1.48. The second-order valence-corrected chi connectivity index (χ2v) is 6.40. The minimum Gasteiger partial charge on any atom is -0.289 e. The van der Waals surface area contributed by atoms with E-state index in [1.807, 2.05) is 27.7 Å². The lowest BCUT2D eigenvalue weighted by atomic mass is 9.86. The molecule has 2 rings (SSSR count). The van der Waals surface area contributed by atoms with Crippen LogP contribution in [0.5, 0.6) is 0 Å². The topological polar surface area (TPSA) is 17.1 Å². The largest absolute Gasteiger partial charge is 0.289 e. The van der Waals surface area contributed by atoms with Crippen LogP contribution in [0.4, 0.5) is 4.39 Å². The number of halogens is 2. The predicted octanol–water partition coefficient (Wildman–Crippen LogP) is 5.36. The molecule has 0 spiro atoms. The highest BCUT2D eigenvalue weighted by atomic mass is 79.9. The van der Waals surface area contributed by atoms with Crippen molar-refractivity contribution in [3.63, 3.8) is 0 Å². The Morgan fingerprint density at radius 3 is 1.81 bits per heavy atom. The molecule has 0 aliphatic rings. The van der Waals surface area contributed by atoms with Crippen LogP contribution in [-0.4, -0.2) is 5.78 Å². The van der Waals surface area contributed by atoms with Crippen LogP contribution in [0.15, 0.2) is 22.7 Å². The van der Waals surface area contributed by atoms with Crippen LogP contribution in [0.2, 0.25) is 0 Å². The number of carbonyl (C=O) groups is 1. The molecule has 2 aromatic carbocycles. The highest BCUT2D eigenvalue weighted by Gasteiger charge is 2.20. The van der Waals surface area contributed by atoms with E-state index in [0.29, 0.717) is 15.6 Å². The Kier molecular flexibility index (Phi) is 4.33. The average Bonchev–Trinajstić information content (AvgIpc) is 2.42.